The van der Waals surface area contributed by atoms with E-state index in [4.69, 9.17) is 4.74 Å². The molecule has 0 aliphatic rings. The molecule has 15 heavy (non-hydrogen) atoms. The van der Waals surface area contributed by atoms with Gasteiger partial charge in [-0.3, -0.25) is 0 Å². The van der Waals surface area contributed by atoms with E-state index in [0.717, 1.165) is 13.8 Å². The molecule has 1 N–H and O–H groups in total. The number of halogens is 3. The monoisotopic (exact) mass is 222 g/mol. The first-order valence-electron chi connectivity index (χ1n) is 4.43. The summed E-state index contributed by atoms with van der Waals surface area (Å²) in [5, 5.41) is 6.14. The number of hydrogen-bond donors (Lipinski definition) is 1. The summed E-state index contributed by atoms with van der Waals surface area (Å²) in [5.74, 6) is 0.285. The summed E-state index contributed by atoms with van der Waals surface area (Å²) in [6.45, 7) is 3.47. The Morgan fingerprint density at radius 3 is 2.40 bits per heavy atom. The van der Waals surface area contributed by atoms with E-state index in [-0.39, 0.29) is 5.88 Å². The summed E-state index contributed by atoms with van der Waals surface area (Å²) in [6.07, 6.45) is -2.78. The largest absolute Gasteiger partial charge is 0.477 e. The van der Waals surface area contributed by atoms with E-state index in [1.807, 2.05) is 0 Å². The minimum Gasteiger partial charge on any atom is -0.477 e. The minimum absolute atomic E-state index is 0.285. The molecule has 6 heteroatoms. The number of aromatic amines is 1. The first-order chi connectivity index (χ1) is 6.74. The fraction of sp³-hybridized carbons (Fsp3) is 0.667. The summed E-state index contributed by atoms with van der Waals surface area (Å²) >= 11 is 0. The van der Waals surface area contributed by atoms with Gasteiger partial charge < -0.3 is 4.74 Å². The zero-order valence-electron chi connectivity index (χ0n) is 8.77. The van der Waals surface area contributed by atoms with Crippen LogP contribution in [0, 0.1) is 12.3 Å². The Morgan fingerprint density at radius 2 is 2.00 bits per heavy atom. The van der Waals surface area contributed by atoms with Crippen molar-refractivity contribution in [2.75, 3.05) is 6.61 Å². The lowest BCUT2D eigenvalue weighted by Crippen LogP contribution is -2.37. The van der Waals surface area contributed by atoms with Gasteiger partial charge >= 0.3 is 6.18 Å². The predicted octanol–water partition coefficient (Wildman–Crippen LogP) is 2.69. The maximum atomic E-state index is 12.5. The number of aromatic nitrogens is 2. The summed E-state index contributed by atoms with van der Waals surface area (Å²) < 4.78 is 42.4. The molecule has 0 saturated heterocycles. The Kier molecular flexibility index (Phi) is 2.97. The van der Waals surface area contributed by atoms with Crippen molar-refractivity contribution < 1.29 is 17.9 Å². The topological polar surface area (TPSA) is 37.9 Å². The number of hydrogen-bond acceptors (Lipinski definition) is 2. The van der Waals surface area contributed by atoms with E-state index < -0.39 is 18.2 Å². The van der Waals surface area contributed by atoms with Crippen molar-refractivity contribution in [3.8, 4) is 5.88 Å². The number of ether oxygens (including phenoxy) is 1. The van der Waals surface area contributed by atoms with Gasteiger partial charge in [-0.25, -0.2) is 5.10 Å². The van der Waals surface area contributed by atoms with Crippen LogP contribution in [0.15, 0.2) is 6.20 Å². The third-order valence-electron chi connectivity index (χ3n) is 2.13. The van der Waals surface area contributed by atoms with Gasteiger partial charge in [0.25, 0.3) is 0 Å². The van der Waals surface area contributed by atoms with Crippen LogP contribution < -0.4 is 4.74 Å². The Morgan fingerprint density at radius 1 is 1.40 bits per heavy atom. The van der Waals surface area contributed by atoms with Crippen molar-refractivity contribution >= 4 is 0 Å². The second-order valence-corrected chi connectivity index (χ2v) is 4.05. The van der Waals surface area contributed by atoms with E-state index in [1.54, 1.807) is 6.92 Å². The second-order valence-electron chi connectivity index (χ2n) is 4.05. The smallest absolute Gasteiger partial charge is 0.397 e. The van der Waals surface area contributed by atoms with Gasteiger partial charge in [-0.05, 0) is 20.8 Å². The molecular weight excluding hydrogens is 209 g/mol. The van der Waals surface area contributed by atoms with Gasteiger partial charge in [0.2, 0.25) is 5.88 Å². The van der Waals surface area contributed by atoms with Gasteiger partial charge in [0, 0.05) is 5.56 Å². The van der Waals surface area contributed by atoms with Crippen LogP contribution in [0.5, 0.6) is 5.88 Å². The molecule has 0 bridgehead atoms. The average Bonchev–Trinajstić information content (AvgIpc) is 2.46. The Hall–Kier alpha value is -1.20. The number of alkyl halides is 3. The molecule has 0 atom stereocenters. The van der Waals surface area contributed by atoms with Crippen molar-refractivity contribution in [2.45, 2.75) is 26.9 Å². The van der Waals surface area contributed by atoms with E-state index in [9.17, 15) is 13.2 Å². The van der Waals surface area contributed by atoms with Crippen molar-refractivity contribution in [1.82, 2.24) is 10.2 Å². The molecule has 3 nitrogen and oxygen atoms in total. The molecule has 0 fully saturated rings. The highest BCUT2D eigenvalue weighted by atomic mass is 19.4. The van der Waals surface area contributed by atoms with Gasteiger partial charge in [-0.2, -0.15) is 18.3 Å². The highest BCUT2D eigenvalue weighted by molar-refractivity contribution is 5.20. The molecule has 86 valence electrons. The summed E-state index contributed by atoms with van der Waals surface area (Å²) in [5.41, 5.74) is -1.18. The normalized spacial score (nSPS) is 12.9. The van der Waals surface area contributed by atoms with E-state index in [0.29, 0.717) is 5.56 Å². The first-order valence-corrected chi connectivity index (χ1v) is 4.43. The standard InChI is InChI=1S/C9H13F3N2O/c1-6-4-13-14-7(6)15-5-8(2,3)9(10,11)12/h4H,5H2,1-3H3,(H,13,14). The highest BCUT2D eigenvalue weighted by Crippen LogP contribution is 2.37. The highest BCUT2D eigenvalue weighted by Gasteiger charge is 2.48. The third-order valence-corrected chi connectivity index (χ3v) is 2.13. The van der Waals surface area contributed by atoms with E-state index in [1.165, 1.54) is 6.20 Å². The molecule has 1 aromatic rings. The Balaban J connectivity index is 2.61. The van der Waals surface area contributed by atoms with Crippen molar-refractivity contribution in [2.24, 2.45) is 5.41 Å². The molecule has 1 rings (SSSR count). The minimum atomic E-state index is -4.28. The molecule has 0 saturated carbocycles. The van der Waals surface area contributed by atoms with Gasteiger partial charge in [-0.15, -0.1) is 0 Å². The Labute approximate surface area is 85.6 Å². The molecule has 0 aliphatic heterocycles. The zero-order valence-corrected chi connectivity index (χ0v) is 8.77. The fourth-order valence-electron chi connectivity index (χ4n) is 0.815. The molecule has 0 aromatic carbocycles. The zero-order chi connectivity index (χ0) is 11.7. The van der Waals surface area contributed by atoms with Gasteiger partial charge in [-0.1, -0.05) is 0 Å². The first kappa shape index (κ1) is 11.9. The molecular formula is C9H13F3N2O. The van der Waals surface area contributed by atoms with Crippen LogP contribution in [0.4, 0.5) is 13.2 Å². The SMILES string of the molecule is Cc1cn[nH]c1OCC(C)(C)C(F)(F)F. The van der Waals surface area contributed by atoms with Gasteiger partial charge in [0.15, 0.2) is 0 Å². The molecule has 0 aliphatic carbocycles. The lowest BCUT2D eigenvalue weighted by atomic mass is 9.94. The van der Waals surface area contributed by atoms with Crippen LogP contribution in [0.1, 0.15) is 19.4 Å². The van der Waals surface area contributed by atoms with Crippen LogP contribution in [-0.4, -0.2) is 23.0 Å². The summed E-state index contributed by atoms with van der Waals surface area (Å²) in [6, 6.07) is 0. The molecule has 1 heterocycles. The maximum absolute atomic E-state index is 12.5. The molecule has 0 amide bonds. The molecule has 0 spiro atoms. The lowest BCUT2D eigenvalue weighted by Gasteiger charge is -2.27. The molecule has 0 unspecified atom stereocenters. The number of nitrogens with one attached hydrogen (secondary N) is 1. The summed E-state index contributed by atoms with van der Waals surface area (Å²) in [4.78, 5) is 0. The quantitative estimate of drug-likeness (QED) is 0.853. The molecule has 1 aromatic heterocycles. The fourth-order valence-corrected chi connectivity index (χ4v) is 0.815. The number of aryl methyl sites for hydroxylation is 1. The summed E-state index contributed by atoms with van der Waals surface area (Å²) in [7, 11) is 0. The van der Waals surface area contributed by atoms with Crippen LogP contribution in [0.2, 0.25) is 0 Å². The number of rotatable bonds is 3. The maximum Gasteiger partial charge on any atom is 0.397 e. The van der Waals surface area contributed by atoms with Crippen LogP contribution >= 0.6 is 0 Å². The van der Waals surface area contributed by atoms with Crippen molar-refractivity contribution in [3.63, 3.8) is 0 Å². The average molecular weight is 222 g/mol. The van der Waals surface area contributed by atoms with E-state index >= 15 is 0 Å². The third kappa shape index (κ3) is 2.64. The van der Waals surface area contributed by atoms with Gasteiger partial charge in [0.05, 0.1) is 11.6 Å². The predicted molar refractivity (Wildman–Crippen MR) is 48.7 cm³/mol. The number of nitrogens with zero attached hydrogens (tertiary/aromatic N) is 1. The van der Waals surface area contributed by atoms with Crippen LogP contribution in [-0.2, 0) is 0 Å². The second kappa shape index (κ2) is 3.75. The van der Waals surface area contributed by atoms with Crippen molar-refractivity contribution in [3.05, 3.63) is 11.8 Å². The van der Waals surface area contributed by atoms with Gasteiger partial charge in [0.1, 0.15) is 6.61 Å². The van der Waals surface area contributed by atoms with E-state index in [2.05, 4.69) is 10.2 Å². The molecule has 0 radical (unpaired) electrons. The van der Waals surface area contributed by atoms with Crippen LogP contribution in [0.3, 0.4) is 0 Å². The Bertz CT molecular complexity index is 330. The number of H-pyrrole nitrogens is 1. The lowest BCUT2D eigenvalue weighted by molar-refractivity contribution is -0.219. The van der Waals surface area contributed by atoms with Crippen LogP contribution in [0.25, 0.3) is 0 Å². The van der Waals surface area contributed by atoms with Crippen molar-refractivity contribution in [1.29, 1.82) is 0 Å².